The third-order valence-electron chi connectivity index (χ3n) is 2.87. The third kappa shape index (κ3) is 3.25. The summed E-state index contributed by atoms with van der Waals surface area (Å²) in [4.78, 5) is 16.4. The quantitative estimate of drug-likeness (QED) is 0.880. The maximum atomic E-state index is 12.4. The van der Waals surface area contributed by atoms with E-state index in [1.165, 1.54) is 14.2 Å². The van der Waals surface area contributed by atoms with Crippen molar-refractivity contribution in [1.82, 2.24) is 4.98 Å². The number of ether oxygens (including phenoxy) is 2. The summed E-state index contributed by atoms with van der Waals surface area (Å²) < 4.78 is 10.4. The monoisotopic (exact) mass is 306 g/mol. The number of benzene rings is 1. The van der Waals surface area contributed by atoms with Crippen LogP contribution in [0.1, 0.15) is 15.9 Å². The Hall–Kier alpha value is -2.27. The Morgan fingerprint density at radius 3 is 2.71 bits per heavy atom. The Morgan fingerprint density at radius 2 is 2.05 bits per heavy atom. The molecule has 0 bridgehead atoms. The van der Waals surface area contributed by atoms with Crippen LogP contribution in [0, 0.1) is 6.92 Å². The maximum Gasteiger partial charge on any atom is 0.259 e. The SMILES string of the molecule is COc1cccc(C(=O)Nc2cc(C)cnc2Cl)c1OC. The van der Waals surface area contributed by atoms with Gasteiger partial charge in [-0.05, 0) is 30.7 Å². The number of hydrogen-bond donors (Lipinski definition) is 1. The molecule has 0 aliphatic carbocycles. The maximum absolute atomic E-state index is 12.4. The third-order valence-corrected chi connectivity index (χ3v) is 3.17. The molecule has 2 aromatic rings. The van der Waals surface area contributed by atoms with Gasteiger partial charge in [-0.25, -0.2) is 4.98 Å². The van der Waals surface area contributed by atoms with Crippen molar-refractivity contribution < 1.29 is 14.3 Å². The second-order valence-corrected chi connectivity index (χ2v) is 4.70. The number of hydrogen-bond acceptors (Lipinski definition) is 4. The summed E-state index contributed by atoms with van der Waals surface area (Å²) >= 11 is 5.98. The highest BCUT2D eigenvalue weighted by molar-refractivity contribution is 6.32. The molecule has 2 rings (SSSR count). The minimum Gasteiger partial charge on any atom is -0.493 e. The number of halogens is 1. The molecule has 0 atom stereocenters. The summed E-state index contributed by atoms with van der Waals surface area (Å²) in [7, 11) is 3.00. The molecule has 0 fully saturated rings. The first kappa shape index (κ1) is 15.1. The molecule has 0 radical (unpaired) electrons. The standard InChI is InChI=1S/C15H15ClN2O3/c1-9-7-11(14(16)17-8-9)18-15(19)10-5-4-6-12(20-2)13(10)21-3/h4-8H,1-3H3,(H,18,19). The van der Waals surface area contributed by atoms with E-state index in [4.69, 9.17) is 21.1 Å². The smallest absolute Gasteiger partial charge is 0.259 e. The van der Waals surface area contributed by atoms with Crippen molar-refractivity contribution in [1.29, 1.82) is 0 Å². The van der Waals surface area contributed by atoms with Gasteiger partial charge in [0.25, 0.3) is 5.91 Å². The predicted octanol–water partition coefficient (Wildman–Crippen LogP) is 3.31. The second-order valence-electron chi connectivity index (χ2n) is 4.35. The highest BCUT2D eigenvalue weighted by Gasteiger charge is 2.17. The molecule has 1 aromatic heterocycles. The summed E-state index contributed by atoms with van der Waals surface area (Å²) in [6.45, 7) is 1.87. The number of aromatic nitrogens is 1. The predicted molar refractivity (Wildman–Crippen MR) is 81.5 cm³/mol. The number of nitrogens with one attached hydrogen (secondary N) is 1. The van der Waals surface area contributed by atoms with Gasteiger partial charge >= 0.3 is 0 Å². The van der Waals surface area contributed by atoms with Crippen LogP contribution in [-0.2, 0) is 0 Å². The average Bonchev–Trinajstić information content (AvgIpc) is 2.49. The first-order valence-electron chi connectivity index (χ1n) is 6.21. The van der Waals surface area contributed by atoms with Crippen LogP contribution in [-0.4, -0.2) is 25.1 Å². The zero-order chi connectivity index (χ0) is 15.4. The average molecular weight is 307 g/mol. The molecule has 0 aliphatic rings. The number of anilines is 1. The minimum atomic E-state index is -0.347. The van der Waals surface area contributed by atoms with Crippen molar-refractivity contribution in [2.45, 2.75) is 6.92 Å². The topological polar surface area (TPSA) is 60.5 Å². The number of amides is 1. The lowest BCUT2D eigenvalue weighted by molar-refractivity contribution is 0.102. The molecule has 1 N–H and O–H groups in total. The number of carbonyl (C=O) groups excluding carboxylic acids is 1. The van der Waals surface area contributed by atoms with E-state index < -0.39 is 0 Å². The fourth-order valence-corrected chi connectivity index (χ4v) is 2.05. The lowest BCUT2D eigenvalue weighted by Crippen LogP contribution is -2.14. The van der Waals surface area contributed by atoms with E-state index in [1.54, 1.807) is 30.5 Å². The van der Waals surface area contributed by atoms with Crippen molar-refractivity contribution in [3.63, 3.8) is 0 Å². The highest BCUT2D eigenvalue weighted by atomic mass is 35.5. The molecular formula is C15H15ClN2O3. The Labute approximate surface area is 127 Å². The number of pyridine rings is 1. The molecule has 5 nitrogen and oxygen atoms in total. The zero-order valence-electron chi connectivity index (χ0n) is 11.9. The number of rotatable bonds is 4. The van der Waals surface area contributed by atoms with Gasteiger partial charge in [0, 0.05) is 6.20 Å². The lowest BCUT2D eigenvalue weighted by Gasteiger charge is -2.13. The second kappa shape index (κ2) is 6.45. The van der Waals surface area contributed by atoms with Crippen LogP contribution in [0.5, 0.6) is 11.5 Å². The molecule has 0 saturated heterocycles. The van der Waals surface area contributed by atoms with Crippen molar-refractivity contribution in [2.24, 2.45) is 0 Å². The van der Waals surface area contributed by atoms with E-state index in [9.17, 15) is 4.79 Å². The van der Waals surface area contributed by atoms with E-state index in [1.807, 2.05) is 6.92 Å². The van der Waals surface area contributed by atoms with Gasteiger partial charge in [0.15, 0.2) is 16.7 Å². The Balaban J connectivity index is 2.35. The van der Waals surface area contributed by atoms with E-state index in [0.29, 0.717) is 22.7 Å². The molecule has 0 saturated carbocycles. The van der Waals surface area contributed by atoms with Crippen molar-refractivity contribution in [3.05, 3.63) is 46.7 Å². The Bertz CT molecular complexity index is 674. The van der Waals surface area contributed by atoms with Crippen LogP contribution in [0.15, 0.2) is 30.5 Å². The molecule has 0 spiro atoms. The minimum absolute atomic E-state index is 0.232. The first-order chi connectivity index (χ1) is 10.1. The van der Waals surface area contributed by atoms with Crippen molar-refractivity contribution >= 4 is 23.2 Å². The number of aryl methyl sites for hydroxylation is 1. The fraction of sp³-hybridized carbons (Fsp3) is 0.200. The molecule has 0 unspecified atom stereocenters. The van der Waals surface area contributed by atoms with Gasteiger partial charge in [-0.15, -0.1) is 0 Å². The summed E-state index contributed by atoms with van der Waals surface area (Å²) in [6, 6.07) is 6.83. The van der Waals surface area contributed by atoms with Gasteiger partial charge in [-0.2, -0.15) is 0 Å². The molecular weight excluding hydrogens is 292 g/mol. The number of carbonyl (C=O) groups is 1. The fourth-order valence-electron chi connectivity index (χ4n) is 1.90. The number of nitrogens with zero attached hydrogens (tertiary/aromatic N) is 1. The highest BCUT2D eigenvalue weighted by Crippen LogP contribution is 2.31. The summed E-state index contributed by atoms with van der Waals surface area (Å²) in [6.07, 6.45) is 1.63. The molecule has 1 amide bonds. The van der Waals surface area contributed by atoms with Crippen molar-refractivity contribution in [2.75, 3.05) is 19.5 Å². The van der Waals surface area contributed by atoms with Gasteiger partial charge in [-0.3, -0.25) is 4.79 Å². The van der Waals surface area contributed by atoms with Crippen LogP contribution >= 0.6 is 11.6 Å². The van der Waals surface area contributed by atoms with Crippen LogP contribution in [0.2, 0.25) is 5.15 Å². The summed E-state index contributed by atoms with van der Waals surface area (Å²) in [5.74, 6) is 0.507. The van der Waals surface area contributed by atoms with E-state index in [0.717, 1.165) is 5.56 Å². The van der Waals surface area contributed by atoms with Crippen LogP contribution in [0.3, 0.4) is 0 Å². The van der Waals surface area contributed by atoms with Gasteiger partial charge < -0.3 is 14.8 Å². The molecule has 21 heavy (non-hydrogen) atoms. The molecule has 1 heterocycles. The Kier molecular flexibility index (Phi) is 4.65. The van der Waals surface area contributed by atoms with Gasteiger partial charge in [0.1, 0.15) is 0 Å². The van der Waals surface area contributed by atoms with E-state index in [2.05, 4.69) is 10.3 Å². The van der Waals surface area contributed by atoms with E-state index in [-0.39, 0.29) is 11.1 Å². The molecule has 6 heteroatoms. The molecule has 0 aliphatic heterocycles. The summed E-state index contributed by atoms with van der Waals surface area (Å²) in [5.41, 5.74) is 1.70. The van der Waals surface area contributed by atoms with Gasteiger partial charge in [0.05, 0.1) is 25.5 Å². The number of para-hydroxylation sites is 1. The normalized spacial score (nSPS) is 10.1. The summed E-state index contributed by atoms with van der Waals surface area (Å²) in [5, 5.41) is 2.96. The van der Waals surface area contributed by atoms with Crippen molar-refractivity contribution in [3.8, 4) is 11.5 Å². The van der Waals surface area contributed by atoms with Crippen LogP contribution in [0.4, 0.5) is 5.69 Å². The molecule has 110 valence electrons. The zero-order valence-corrected chi connectivity index (χ0v) is 12.7. The first-order valence-corrected chi connectivity index (χ1v) is 6.59. The van der Waals surface area contributed by atoms with Crippen LogP contribution < -0.4 is 14.8 Å². The lowest BCUT2D eigenvalue weighted by atomic mass is 10.1. The number of methoxy groups -OCH3 is 2. The van der Waals surface area contributed by atoms with E-state index >= 15 is 0 Å². The van der Waals surface area contributed by atoms with Gasteiger partial charge in [0.2, 0.25) is 0 Å². The Morgan fingerprint density at radius 1 is 1.29 bits per heavy atom. The van der Waals surface area contributed by atoms with Gasteiger partial charge in [-0.1, -0.05) is 17.7 Å². The molecule has 1 aromatic carbocycles. The largest absolute Gasteiger partial charge is 0.493 e. The van der Waals surface area contributed by atoms with Crippen LogP contribution in [0.25, 0.3) is 0 Å².